The lowest BCUT2D eigenvalue weighted by molar-refractivity contribution is -0.136. The summed E-state index contributed by atoms with van der Waals surface area (Å²) in [6.07, 6.45) is 3.34. The number of hydrogen-bond acceptors (Lipinski definition) is 6. The van der Waals surface area contributed by atoms with Gasteiger partial charge in [-0.3, -0.25) is 9.59 Å². The molecule has 4 aliphatic rings. The van der Waals surface area contributed by atoms with E-state index in [0.717, 1.165) is 12.2 Å². The summed E-state index contributed by atoms with van der Waals surface area (Å²) in [6.45, 7) is 5.55. The van der Waals surface area contributed by atoms with E-state index >= 15 is 0 Å². The Morgan fingerprint density at radius 2 is 1.82 bits per heavy atom. The van der Waals surface area contributed by atoms with Gasteiger partial charge in [-0.15, -0.1) is 11.8 Å². The molecule has 2 saturated carbocycles. The highest BCUT2D eigenvalue weighted by Crippen LogP contribution is 2.64. The van der Waals surface area contributed by atoms with Crippen LogP contribution in [0.2, 0.25) is 0 Å². The summed E-state index contributed by atoms with van der Waals surface area (Å²) in [5.41, 5.74) is -1.01. The second-order valence-corrected chi connectivity index (χ2v) is 14.2. The van der Waals surface area contributed by atoms with Crippen molar-refractivity contribution < 1.29 is 22.7 Å². The predicted molar refractivity (Wildman–Crippen MR) is 132 cm³/mol. The van der Waals surface area contributed by atoms with Gasteiger partial charge < -0.3 is 9.64 Å². The number of amides is 1. The van der Waals surface area contributed by atoms with Crippen molar-refractivity contribution >= 4 is 33.5 Å². The zero-order valence-electron chi connectivity index (χ0n) is 20.0. The molecule has 0 N–H and O–H groups in total. The molecule has 0 radical (unpaired) electrons. The maximum Gasteiger partial charge on any atom is 0.261 e. The number of carbonyl (C=O) groups is 2. The molecule has 0 aromatic heterocycles. The molecule has 1 aromatic rings. The van der Waals surface area contributed by atoms with Gasteiger partial charge in [0.25, 0.3) is 5.91 Å². The van der Waals surface area contributed by atoms with Crippen LogP contribution in [-0.2, 0) is 19.6 Å². The fourth-order valence-corrected chi connectivity index (χ4v) is 10.4. The molecule has 5 rings (SSSR count). The maximum absolute atomic E-state index is 13.5. The number of ether oxygens (including phenoxy) is 1. The van der Waals surface area contributed by atoms with Crippen molar-refractivity contribution in [3.63, 3.8) is 0 Å². The summed E-state index contributed by atoms with van der Waals surface area (Å²) >= 11 is 1.75. The van der Waals surface area contributed by atoms with Gasteiger partial charge in [0.2, 0.25) is 10.0 Å². The van der Waals surface area contributed by atoms with Gasteiger partial charge in [0.05, 0.1) is 10.6 Å². The molecule has 1 aromatic carbocycles. The first-order chi connectivity index (χ1) is 16.1. The maximum atomic E-state index is 13.5. The molecule has 7 nitrogen and oxygen atoms in total. The summed E-state index contributed by atoms with van der Waals surface area (Å²) in [5, 5.41) is 0. The Labute approximate surface area is 206 Å². The second kappa shape index (κ2) is 8.52. The number of ketones is 1. The average molecular weight is 507 g/mol. The summed E-state index contributed by atoms with van der Waals surface area (Å²) < 4.78 is 34.3. The lowest BCUT2D eigenvalue weighted by atomic mass is 9.70. The summed E-state index contributed by atoms with van der Waals surface area (Å²) in [5.74, 6) is 1.81. The molecule has 34 heavy (non-hydrogen) atoms. The van der Waals surface area contributed by atoms with Crippen molar-refractivity contribution in [2.45, 2.75) is 50.8 Å². The van der Waals surface area contributed by atoms with Crippen molar-refractivity contribution in [2.75, 3.05) is 37.7 Å². The number of para-hydroxylation sites is 1. The van der Waals surface area contributed by atoms with Crippen LogP contribution in [0.25, 0.3) is 0 Å². The minimum absolute atomic E-state index is 0.0186. The molecule has 9 heteroatoms. The molecule has 1 spiro atoms. The van der Waals surface area contributed by atoms with Gasteiger partial charge >= 0.3 is 0 Å². The number of nitrogens with zero attached hydrogens (tertiary/aromatic N) is 2. The van der Waals surface area contributed by atoms with E-state index in [-0.39, 0.29) is 34.3 Å². The highest BCUT2D eigenvalue weighted by molar-refractivity contribution is 8.00. The van der Waals surface area contributed by atoms with Gasteiger partial charge in [-0.2, -0.15) is 0 Å². The highest BCUT2D eigenvalue weighted by atomic mass is 32.2. The third-order valence-electron chi connectivity index (χ3n) is 9.05. The van der Waals surface area contributed by atoms with Crippen molar-refractivity contribution in [3.8, 4) is 5.75 Å². The van der Waals surface area contributed by atoms with Crippen LogP contribution in [0, 0.1) is 16.7 Å². The monoisotopic (exact) mass is 506 g/mol. The van der Waals surface area contributed by atoms with Gasteiger partial charge in [-0.25, -0.2) is 12.7 Å². The third-order valence-corrected chi connectivity index (χ3v) is 12.6. The number of fused-ring (bicyclic) bond motifs is 2. The second-order valence-electron chi connectivity index (χ2n) is 10.8. The van der Waals surface area contributed by atoms with Gasteiger partial charge in [0, 0.05) is 37.2 Å². The minimum Gasteiger partial charge on any atom is -0.484 e. The first-order valence-electron chi connectivity index (χ1n) is 12.2. The van der Waals surface area contributed by atoms with Gasteiger partial charge in [0.1, 0.15) is 11.5 Å². The normalized spacial score (nSPS) is 30.2. The van der Waals surface area contributed by atoms with E-state index < -0.39 is 15.4 Å². The van der Waals surface area contributed by atoms with Crippen LogP contribution in [0.15, 0.2) is 30.3 Å². The van der Waals surface area contributed by atoms with Gasteiger partial charge in [-0.05, 0) is 49.1 Å². The third kappa shape index (κ3) is 3.78. The Morgan fingerprint density at radius 3 is 2.44 bits per heavy atom. The molecule has 2 unspecified atom stereocenters. The van der Waals surface area contributed by atoms with Crippen LogP contribution >= 0.6 is 11.8 Å². The van der Waals surface area contributed by atoms with E-state index in [1.165, 1.54) is 0 Å². The van der Waals surface area contributed by atoms with Crippen molar-refractivity contribution in [1.29, 1.82) is 0 Å². The Balaban J connectivity index is 1.24. The topological polar surface area (TPSA) is 84.0 Å². The standard InChI is InChI=1S/C25H34N2O5S2/c1-23(2)19-8-9-24(23,21(28)16-19)18-34(30,31)26-12-10-25(11-13-26)27(14-15-33-25)22(29)17-32-20-6-4-3-5-7-20/h3-7,19H,8-18H2,1-2H3. The van der Waals surface area contributed by atoms with Crippen molar-refractivity contribution in [1.82, 2.24) is 9.21 Å². The fraction of sp³-hybridized carbons (Fsp3) is 0.680. The summed E-state index contributed by atoms with van der Waals surface area (Å²) in [4.78, 5) is 27.4. The van der Waals surface area contributed by atoms with Crippen LogP contribution in [-0.4, -0.2) is 71.9 Å². The van der Waals surface area contributed by atoms with Crippen LogP contribution in [0.4, 0.5) is 0 Å². The van der Waals surface area contributed by atoms with E-state index in [2.05, 4.69) is 13.8 Å². The van der Waals surface area contributed by atoms with Crippen molar-refractivity contribution in [3.05, 3.63) is 30.3 Å². The van der Waals surface area contributed by atoms with E-state index in [0.29, 0.717) is 57.0 Å². The molecule has 4 fully saturated rings. The molecule has 2 saturated heterocycles. The molecule has 1 amide bonds. The minimum atomic E-state index is -3.57. The van der Waals surface area contributed by atoms with Crippen LogP contribution < -0.4 is 4.74 Å². The fourth-order valence-electron chi connectivity index (χ4n) is 6.74. The van der Waals surface area contributed by atoms with E-state index in [4.69, 9.17) is 4.74 Å². The first-order valence-corrected chi connectivity index (χ1v) is 14.8. The number of Topliss-reactive ketones (excluding diaryl/α,β-unsaturated/α-hetero) is 1. The average Bonchev–Trinajstić information content (AvgIpc) is 3.37. The Kier molecular flexibility index (Phi) is 6.05. The largest absolute Gasteiger partial charge is 0.484 e. The number of benzene rings is 1. The molecular formula is C25H34N2O5S2. The number of carbonyl (C=O) groups excluding carboxylic acids is 2. The van der Waals surface area contributed by atoms with Crippen LogP contribution in [0.1, 0.15) is 46.0 Å². The summed E-state index contributed by atoms with van der Waals surface area (Å²) in [6, 6.07) is 9.29. The molecule has 2 aliphatic heterocycles. The van der Waals surface area contributed by atoms with Crippen LogP contribution in [0.3, 0.4) is 0 Å². The summed E-state index contributed by atoms with van der Waals surface area (Å²) in [7, 11) is -3.57. The molecule has 2 atom stereocenters. The highest BCUT2D eigenvalue weighted by Gasteiger charge is 2.65. The first kappa shape index (κ1) is 24.1. The quantitative estimate of drug-likeness (QED) is 0.589. The number of sulfonamides is 1. The molecular weight excluding hydrogens is 472 g/mol. The van der Waals surface area contributed by atoms with E-state index in [1.807, 2.05) is 35.2 Å². The molecule has 2 bridgehead atoms. The zero-order chi connectivity index (χ0) is 24.2. The lowest BCUT2D eigenvalue weighted by Gasteiger charge is -2.44. The Bertz CT molecular complexity index is 1070. The SMILES string of the molecule is CC1(C)C2CCC1(CS(=O)(=O)N1CCC3(CC1)SCCN3C(=O)COc1ccccc1)C(=O)C2. The van der Waals surface area contributed by atoms with E-state index in [9.17, 15) is 18.0 Å². The van der Waals surface area contributed by atoms with E-state index in [1.54, 1.807) is 16.1 Å². The Morgan fingerprint density at radius 1 is 1.12 bits per heavy atom. The lowest BCUT2D eigenvalue weighted by Crippen LogP contribution is -2.55. The number of hydrogen-bond donors (Lipinski definition) is 0. The smallest absolute Gasteiger partial charge is 0.261 e. The van der Waals surface area contributed by atoms with Gasteiger partial charge in [-0.1, -0.05) is 32.0 Å². The molecule has 2 heterocycles. The van der Waals surface area contributed by atoms with Crippen molar-refractivity contribution in [2.24, 2.45) is 16.7 Å². The Hall–Kier alpha value is -1.58. The number of piperidine rings is 1. The number of rotatable bonds is 6. The van der Waals surface area contributed by atoms with Crippen LogP contribution in [0.5, 0.6) is 5.75 Å². The molecule has 2 aliphatic carbocycles. The predicted octanol–water partition coefficient (Wildman–Crippen LogP) is 3.16. The zero-order valence-corrected chi connectivity index (χ0v) is 21.6. The molecule has 186 valence electrons. The van der Waals surface area contributed by atoms with Gasteiger partial charge in [0.15, 0.2) is 6.61 Å². The number of thioether (sulfide) groups is 1.